The molecule has 0 radical (unpaired) electrons. The van der Waals surface area contributed by atoms with Crippen molar-refractivity contribution in [1.82, 2.24) is 10.2 Å². The summed E-state index contributed by atoms with van der Waals surface area (Å²) in [4.78, 5) is 37.5. The maximum atomic E-state index is 12.5. The van der Waals surface area contributed by atoms with E-state index in [0.29, 0.717) is 32.2 Å². The van der Waals surface area contributed by atoms with Gasteiger partial charge in [-0.15, -0.1) is 0 Å². The van der Waals surface area contributed by atoms with Gasteiger partial charge in [0.15, 0.2) is 0 Å². The molecule has 1 aliphatic heterocycles. The van der Waals surface area contributed by atoms with E-state index in [1.807, 2.05) is 30.3 Å². The molecule has 2 rings (SSSR count). The molecule has 8 nitrogen and oxygen atoms in total. The van der Waals surface area contributed by atoms with Crippen molar-refractivity contribution in [2.75, 3.05) is 13.1 Å². The second-order valence-electron chi connectivity index (χ2n) is 7.22. The lowest BCUT2D eigenvalue weighted by atomic mass is 10.1. The van der Waals surface area contributed by atoms with Crippen molar-refractivity contribution in [3.8, 4) is 0 Å². The van der Waals surface area contributed by atoms with Crippen LogP contribution in [0.2, 0.25) is 0 Å². The number of carbonyl (C=O) groups excluding carboxylic acids is 2. The van der Waals surface area contributed by atoms with E-state index in [1.54, 1.807) is 0 Å². The number of nitrogens with zero attached hydrogens (tertiary/aromatic N) is 1. The minimum Gasteiger partial charge on any atom is -0.480 e. The molecule has 6 N–H and O–H groups in total. The van der Waals surface area contributed by atoms with Crippen LogP contribution in [0, 0.1) is 0 Å². The third-order valence-electron chi connectivity index (χ3n) is 4.98. The van der Waals surface area contributed by atoms with Crippen LogP contribution in [-0.4, -0.2) is 59.0 Å². The number of aliphatic carboxylic acids is 1. The Bertz CT molecular complexity index is 667. The van der Waals surface area contributed by atoms with Crippen LogP contribution in [0.1, 0.15) is 37.7 Å². The zero-order valence-corrected chi connectivity index (χ0v) is 16.0. The predicted octanol–water partition coefficient (Wildman–Crippen LogP) is 0.246. The molecule has 8 heteroatoms. The number of likely N-dealkylation sites (tertiary alicyclic amines) is 1. The Balaban J connectivity index is 1.84. The lowest BCUT2D eigenvalue weighted by molar-refractivity contribution is -0.148. The average Bonchev–Trinajstić information content (AvgIpc) is 3.10. The summed E-state index contributed by atoms with van der Waals surface area (Å²) in [5, 5.41) is 12.3. The fourth-order valence-corrected chi connectivity index (χ4v) is 3.49. The van der Waals surface area contributed by atoms with Crippen molar-refractivity contribution in [2.45, 2.75) is 56.7 Å². The normalized spacial score (nSPS) is 20.0. The second kappa shape index (κ2) is 10.8. The smallest absolute Gasteiger partial charge is 0.326 e. The first-order chi connectivity index (χ1) is 13.4. The summed E-state index contributed by atoms with van der Waals surface area (Å²) in [6.07, 6.45) is 3.06. The van der Waals surface area contributed by atoms with Gasteiger partial charge >= 0.3 is 5.97 Å². The Hall–Kier alpha value is -2.45. The highest BCUT2D eigenvalue weighted by atomic mass is 16.4. The van der Waals surface area contributed by atoms with Crippen molar-refractivity contribution in [2.24, 2.45) is 11.5 Å². The Morgan fingerprint density at radius 1 is 1.21 bits per heavy atom. The lowest BCUT2D eigenvalue weighted by Crippen LogP contribution is -2.49. The molecule has 1 aliphatic rings. The molecule has 3 atom stereocenters. The summed E-state index contributed by atoms with van der Waals surface area (Å²) in [5.41, 5.74) is 12.5. The van der Waals surface area contributed by atoms with Crippen LogP contribution in [0.25, 0.3) is 0 Å². The number of carboxylic acid groups (broad SMARTS) is 1. The summed E-state index contributed by atoms with van der Waals surface area (Å²) >= 11 is 0. The van der Waals surface area contributed by atoms with Crippen LogP contribution in [0.3, 0.4) is 0 Å². The molecule has 154 valence electrons. The molecule has 0 aliphatic carbocycles. The highest BCUT2D eigenvalue weighted by Crippen LogP contribution is 2.20. The second-order valence-corrected chi connectivity index (χ2v) is 7.22. The molecule has 28 heavy (non-hydrogen) atoms. The third kappa shape index (κ3) is 6.31. The number of carboxylic acids is 1. The first kappa shape index (κ1) is 21.8. The molecule has 0 spiro atoms. The molecule has 0 unspecified atom stereocenters. The van der Waals surface area contributed by atoms with Crippen LogP contribution in [0.4, 0.5) is 0 Å². The molecule has 0 aromatic heterocycles. The lowest BCUT2D eigenvalue weighted by Gasteiger charge is -2.24. The molecule has 0 bridgehead atoms. The van der Waals surface area contributed by atoms with Gasteiger partial charge in [-0.05, 0) is 37.8 Å². The molecule has 1 aromatic rings. The van der Waals surface area contributed by atoms with Crippen LogP contribution in [0.15, 0.2) is 30.3 Å². The van der Waals surface area contributed by atoms with Crippen LogP contribution >= 0.6 is 0 Å². The minimum atomic E-state index is -1.08. The Morgan fingerprint density at radius 3 is 2.57 bits per heavy atom. The van der Waals surface area contributed by atoms with Crippen LogP contribution < -0.4 is 16.8 Å². The number of carbonyl (C=O) groups is 3. The van der Waals surface area contributed by atoms with E-state index in [-0.39, 0.29) is 24.9 Å². The minimum absolute atomic E-state index is 0.133. The first-order valence-corrected chi connectivity index (χ1v) is 9.74. The van der Waals surface area contributed by atoms with Crippen molar-refractivity contribution in [1.29, 1.82) is 0 Å². The van der Waals surface area contributed by atoms with Crippen LogP contribution in [-0.2, 0) is 20.8 Å². The van der Waals surface area contributed by atoms with E-state index in [9.17, 15) is 19.5 Å². The monoisotopic (exact) mass is 390 g/mol. The van der Waals surface area contributed by atoms with Gasteiger partial charge in [0.2, 0.25) is 11.8 Å². The number of aryl methyl sites for hydroxylation is 1. The van der Waals surface area contributed by atoms with E-state index in [0.717, 1.165) is 6.42 Å². The average molecular weight is 390 g/mol. The topological polar surface area (TPSA) is 139 Å². The molecular formula is C20H30N4O4. The molecule has 1 aromatic carbocycles. The van der Waals surface area contributed by atoms with Crippen molar-refractivity contribution < 1.29 is 19.5 Å². The largest absolute Gasteiger partial charge is 0.480 e. The number of nitrogens with two attached hydrogens (primary N) is 2. The van der Waals surface area contributed by atoms with Crippen LogP contribution in [0.5, 0.6) is 0 Å². The summed E-state index contributed by atoms with van der Waals surface area (Å²) in [7, 11) is 0. The van der Waals surface area contributed by atoms with Crippen molar-refractivity contribution >= 4 is 17.8 Å². The fraction of sp³-hybridized carbons (Fsp3) is 0.550. The zero-order chi connectivity index (χ0) is 20.5. The van der Waals surface area contributed by atoms with E-state index in [4.69, 9.17) is 11.5 Å². The highest BCUT2D eigenvalue weighted by Gasteiger charge is 2.41. The number of rotatable bonds is 10. The highest BCUT2D eigenvalue weighted by molar-refractivity contribution is 5.88. The van der Waals surface area contributed by atoms with Gasteiger partial charge in [0, 0.05) is 25.4 Å². The van der Waals surface area contributed by atoms with E-state index in [1.165, 1.54) is 10.5 Å². The third-order valence-corrected chi connectivity index (χ3v) is 4.98. The Kier molecular flexibility index (Phi) is 8.41. The predicted molar refractivity (Wildman–Crippen MR) is 105 cm³/mol. The zero-order valence-electron chi connectivity index (χ0n) is 16.0. The van der Waals surface area contributed by atoms with Gasteiger partial charge in [-0.3, -0.25) is 9.59 Å². The summed E-state index contributed by atoms with van der Waals surface area (Å²) in [5.74, 6) is -1.62. The van der Waals surface area contributed by atoms with Gasteiger partial charge in [0.05, 0.1) is 6.04 Å². The quantitative estimate of drug-likeness (QED) is 0.451. The molecular weight excluding hydrogens is 360 g/mol. The van der Waals surface area contributed by atoms with Gasteiger partial charge in [-0.2, -0.15) is 0 Å². The van der Waals surface area contributed by atoms with Gasteiger partial charge < -0.3 is 26.8 Å². The van der Waals surface area contributed by atoms with Crippen molar-refractivity contribution in [3.05, 3.63) is 35.9 Å². The molecule has 1 heterocycles. The Morgan fingerprint density at radius 2 is 1.93 bits per heavy atom. The standard InChI is InChI=1S/C20H30N4O4/c21-11-5-9-16(22)19(26)24-13-15(12-17(24)20(27)28)23-18(25)10-4-8-14-6-2-1-3-7-14/h1-3,6-7,15-17H,4-5,8-13,21-22H2,(H,23,25)(H,27,28)/t15-,16+,17+/m1/s1. The maximum Gasteiger partial charge on any atom is 0.326 e. The van der Waals surface area contributed by atoms with Gasteiger partial charge in [-0.25, -0.2) is 4.79 Å². The number of benzene rings is 1. The Labute approximate surface area is 165 Å². The molecule has 1 saturated heterocycles. The van der Waals surface area contributed by atoms with Gasteiger partial charge in [0.1, 0.15) is 6.04 Å². The number of nitrogens with one attached hydrogen (secondary N) is 1. The van der Waals surface area contributed by atoms with Gasteiger partial charge in [0.25, 0.3) is 0 Å². The fourth-order valence-electron chi connectivity index (χ4n) is 3.49. The molecule has 1 fully saturated rings. The van der Waals surface area contributed by atoms with Crippen molar-refractivity contribution in [3.63, 3.8) is 0 Å². The summed E-state index contributed by atoms with van der Waals surface area (Å²) in [6.45, 7) is 0.585. The molecule has 0 saturated carbocycles. The number of hydrogen-bond donors (Lipinski definition) is 4. The van der Waals surface area contributed by atoms with E-state index >= 15 is 0 Å². The molecule has 2 amide bonds. The SMILES string of the molecule is NCCC[C@H](N)C(=O)N1C[C@H](NC(=O)CCCc2ccccc2)C[C@H]1C(=O)O. The van der Waals surface area contributed by atoms with E-state index in [2.05, 4.69) is 5.32 Å². The van der Waals surface area contributed by atoms with E-state index < -0.39 is 24.0 Å². The number of amides is 2. The summed E-state index contributed by atoms with van der Waals surface area (Å²) in [6, 6.07) is 7.79. The maximum absolute atomic E-state index is 12.5. The van der Waals surface area contributed by atoms with Gasteiger partial charge in [-0.1, -0.05) is 30.3 Å². The number of hydrogen-bond acceptors (Lipinski definition) is 5. The summed E-state index contributed by atoms with van der Waals surface area (Å²) < 4.78 is 0. The first-order valence-electron chi connectivity index (χ1n) is 9.74.